The first-order valence-corrected chi connectivity index (χ1v) is 8.77. The predicted molar refractivity (Wildman–Crippen MR) is 102 cm³/mol. The molecule has 2 aromatic rings. The van der Waals surface area contributed by atoms with Crippen LogP contribution in [0.1, 0.15) is 46.6 Å². The molecule has 24 heavy (non-hydrogen) atoms. The lowest BCUT2D eigenvalue weighted by Crippen LogP contribution is -2.20. The van der Waals surface area contributed by atoms with Crippen LogP contribution < -0.4 is 5.73 Å². The van der Waals surface area contributed by atoms with E-state index in [4.69, 9.17) is 17.3 Å². The molecule has 1 aromatic heterocycles. The topological polar surface area (TPSA) is 63.3 Å². The Kier molecular flexibility index (Phi) is 4.28. The van der Waals surface area contributed by atoms with Gasteiger partial charge in [-0.1, -0.05) is 49.7 Å². The van der Waals surface area contributed by atoms with Gasteiger partial charge in [-0.3, -0.25) is 0 Å². The lowest BCUT2D eigenvalue weighted by molar-refractivity contribution is 0.0698. The number of nitrogen functional groups attached to an aromatic ring is 1. The second kappa shape index (κ2) is 6.11. The Hall–Kier alpha value is -2.04. The van der Waals surface area contributed by atoms with Gasteiger partial charge >= 0.3 is 5.97 Å². The summed E-state index contributed by atoms with van der Waals surface area (Å²) in [5.41, 5.74) is 8.91. The van der Waals surface area contributed by atoms with E-state index in [0.717, 1.165) is 28.0 Å². The summed E-state index contributed by atoms with van der Waals surface area (Å²) < 4.78 is 0. The van der Waals surface area contributed by atoms with Gasteiger partial charge in [-0.05, 0) is 35.8 Å². The average molecular weight is 360 g/mol. The molecule has 0 saturated carbocycles. The second-order valence-electron chi connectivity index (χ2n) is 6.55. The van der Waals surface area contributed by atoms with Crippen LogP contribution in [-0.2, 0) is 5.41 Å². The zero-order chi connectivity index (χ0) is 17.5. The minimum absolute atomic E-state index is 0.143. The molecule has 3 N–H and O–H groups in total. The lowest BCUT2D eigenvalue weighted by atomic mass is 9.77. The largest absolute Gasteiger partial charge is 0.478 e. The van der Waals surface area contributed by atoms with Gasteiger partial charge in [-0.15, -0.1) is 11.3 Å². The number of anilines is 1. The third-order valence-corrected chi connectivity index (χ3v) is 5.79. The SMILES string of the molecule is CC1(C)CC(/C=C/c2ccc(Cl)cc2)=Cc2c1sc(N)c2C(=O)O. The maximum Gasteiger partial charge on any atom is 0.339 e. The highest BCUT2D eigenvalue weighted by atomic mass is 35.5. The monoisotopic (exact) mass is 359 g/mol. The highest BCUT2D eigenvalue weighted by Crippen LogP contribution is 2.46. The summed E-state index contributed by atoms with van der Waals surface area (Å²) in [6, 6.07) is 7.59. The molecule has 5 heteroatoms. The van der Waals surface area contributed by atoms with Gasteiger partial charge in [0.1, 0.15) is 10.6 Å². The van der Waals surface area contributed by atoms with E-state index in [9.17, 15) is 9.90 Å². The van der Waals surface area contributed by atoms with Crippen LogP contribution in [0.2, 0.25) is 5.02 Å². The van der Waals surface area contributed by atoms with E-state index >= 15 is 0 Å². The highest BCUT2D eigenvalue weighted by molar-refractivity contribution is 7.16. The first kappa shape index (κ1) is 16.8. The molecule has 3 rings (SSSR count). The van der Waals surface area contributed by atoms with Gasteiger partial charge in [0.25, 0.3) is 0 Å². The quantitative estimate of drug-likeness (QED) is 0.764. The van der Waals surface area contributed by atoms with E-state index in [2.05, 4.69) is 13.8 Å². The number of carboxylic acid groups (broad SMARTS) is 1. The molecule has 0 spiro atoms. The molecule has 0 amide bonds. The number of rotatable bonds is 3. The van der Waals surface area contributed by atoms with Crippen molar-refractivity contribution >= 4 is 46.1 Å². The summed E-state index contributed by atoms with van der Waals surface area (Å²) in [7, 11) is 0. The number of hydrogen-bond acceptors (Lipinski definition) is 3. The highest BCUT2D eigenvalue weighted by Gasteiger charge is 2.34. The summed E-state index contributed by atoms with van der Waals surface area (Å²) in [4.78, 5) is 12.6. The van der Waals surface area contributed by atoms with Crippen molar-refractivity contribution in [2.45, 2.75) is 25.7 Å². The van der Waals surface area contributed by atoms with E-state index in [1.807, 2.05) is 42.5 Å². The van der Waals surface area contributed by atoms with Gasteiger partial charge in [-0.25, -0.2) is 4.79 Å². The van der Waals surface area contributed by atoms with Crippen LogP contribution in [0.3, 0.4) is 0 Å². The number of allylic oxidation sites excluding steroid dienone is 2. The molecule has 0 aliphatic heterocycles. The molecule has 124 valence electrons. The Bertz CT molecular complexity index is 860. The third-order valence-electron chi connectivity index (χ3n) is 4.14. The van der Waals surface area contributed by atoms with Crippen LogP contribution in [0.15, 0.2) is 35.9 Å². The Balaban J connectivity index is 2.01. The maximum atomic E-state index is 11.6. The average Bonchev–Trinajstić information content (AvgIpc) is 2.83. The first-order valence-electron chi connectivity index (χ1n) is 7.58. The molecule has 1 aliphatic rings. The van der Waals surface area contributed by atoms with Crippen LogP contribution in [0.25, 0.3) is 12.2 Å². The maximum absolute atomic E-state index is 11.6. The normalized spacial score (nSPS) is 16.0. The number of halogens is 1. The molecule has 0 atom stereocenters. The number of aromatic carboxylic acids is 1. The standard InChI is InChI=1S/C19H18ClNO2S/c1-19(2)10-12(4-3-11-5-7-13(20)8-6-11)9-14-15(18(22)23)17(21)24-16(14)19/h3-9H,10,21H2,1-2H3,(H,22,23)/b4-3+. The Morgan fingerprint density at radius 2 is 1.96 bits per heavy atom. The number of fused-ring (bicyclic) bond motifs is 1. The number of benzene rings is 1. The summed E-state index contributed by atoms with van der Waals surface area (Å²) >= 11 is 7.29. The van der Waals surface area contributed by atoms with Crippen LogP contribution in [0.5, 0.6) is 0 Å². The summed E-state index contributed by atoms with van der Waals surface area (Å²) in [6.45, 7) is 4.24. The molecule has 0 radical (unpaired) electrons. The number of carbonyl (C=O) groups is 1. The van der Waals surface area contributed by atoms with Gasteiger partial charge in [0.05, 0.1) is 0 Å². The summed E-state index contributed by atoms with van der Waals surface area (Å²) in [6.07, 6.45) is 6.83. The van der Waals surface area contributed by atoms with Crippen LogP contribution in [0.4, 0.5) is 5.00 Å². The van der Waals surface area contributed by atoms with Crippen LogP contribution in [0, 0.1) is 0 Å². The smallest absolute Gasteiger partial charge is 0.339 e. The molecule has 0 unspecified atom stereocenters. The third kappa shape index (κ3) is 3.12. The zero-order valence-corrected chi connectivity index (χ0v) is 15.0. The molecule has 0 saturated heterocycles. The molecule has 3 nitrogen and oxygen atoms in total. The Morgan fingerprint density at radius 3 is 2.58 bits per heavy atom. The van der Waals surface area contributed by atoms with E-state index in [-0.39, 0.29) is 11.0 Å². The van der Waals surface area contributed by atoms with E-state index in [1.165, 1.54) is 11.3 Å². The van der Waals surface area contributed by atoms with E-state index in [1.54, 1.807) is 0 Å². The Labute approximate surface area is 150 Å². The molecule has 0 bridgehead atoms. The Morgan fingerprint density at radius 1 is 1.29 bits per heavy atom. The number of carboxylic acids is 1. The van der Waals surface area contributed by atoms with E-state index < -0.39 is 5.97 Å². The van der Waals surface area contributed by atoms with Crippen molar-refractivity contribution in [1.29, 1.82) is 0 Å². The fraction of sp³-hybridized carbons (Fsp3) is 0.211. The lowest BCUT2D eigenvalue weighted by Gasteiger charge is -2.29. The van der Waals surface area contributed by atoms with E-state index in [0.29, 0.717) is 10.0 Å². The van der Waals surface area contributed by atoms with Crippen molar-refractivity contribution in [1.82, 2.24) is 0 Å². The van der Waals surface area contributed by atoms with Crippen LogP contribution in [-0.4, -0.2) is 11.1 Å². The zero-order valence-electron chi connectivity index (χ0n) is 13.5. The number of hydrogen-bond donors (Lipinski definition) is 2. The molecular formula is C19H18ClNO2S. The fourth-order valence-corrected chi connectivity index (χ4v) is 4.30. The van der Waals surface area contributed by atoms with Crippen molar-refractivity contribution in [3.8, 4) is 0 Å². The summed E-state index contributed by atoms with van der Waals surface area (Å²) in [5, 5.41) is 10.5. The van der Waals surface area contributed by atoms with Gasteiger partial charge in [0, 0.05) is 20.9 Å². The van der Waals surface area contributed by atoms with Crippen molar-refractivity contribution < 1.29 is 9.90 Å². The van der Waals surface area contributed by atoms with Gasteiger partial charge in [-0.2, -0.15) is 0 Å². The van der Waals surface area contributed by atoms with Crippen LogP contribution >= 0.6 is 22.9 Å². The predicted octanol–water partition coefficient (Wildman–Crippen LogP) is 5.46. The molecule has 1 heterocycles. The minimum atomic E-state index is -0.972. The summed E-state index contributed by atoms with van der Waals surface area (Å²) in [5.74, 6) is -0.972. The molecule has 1 aliphatic carbocycles. The van der Waals surface area contributed by atoms with Gasteiger partial charge in [0.2, 0.25) is 0 Å². The molecular weight excluding hydrogens is 342 g/mol. The fourth-order valence-electron chi connectivity index (χ4n) is 3.03. The first-order chi connectivity index (χ1) is 11.3. The van der Waals surface area contributed by atoms with Crippen molar-refractivity contribution in [2.75, 3.05) is 5.73 Å². The van der Waals surface area contributed by atoms with Gasteiger partial charge < -0.3 is 10.8 Å². The number of thiophene rings is 1. The van der Waals surface area contributed by atoms with Crippen molar-refractivity contribution in [3.63, 3.8) is 0 Å². The minimum Gasteiger partial charge on any atom is -0.478 e. The molecule has 0 fully saturated rings. The molecule has 1 aromatic carbocycles. The van der Waals surface area contributed by atoms with Crippen molar-refractivity contribution in [2.24, 2.45) is 0 Å². The number of nitrogens with two attached hydrogens (primary N) is 1. The second-order valence-corrected chi connectivity index (χ2v) is 8.04. The van der Waals surface area contributed by atoms with Crippen molar-refractivity contribution in [3.05, 3.63) is 62.5 Å². The van der Waals surface area contributed by atoms with Gasteiger partial charge in [0.15, 0.2) is 0 Å².